The molecule has 0 saturated carbocycles. The molecule has 0 aromatic heterocycles. The molecule has 2 aliphatic rings. The summed E-state index contributed by atoms with van der Waals surface area (Å²) >= 11 is 0. The molecule has 2 amide bonds. The number of halogens is 1. The highest BCUT2D eigenvalue weighted by atomic mass is 19.1. The fraction of sp³-hybridized carbons (Fsp3) is 0.611. The zero-order chi connectivity index (χ0) is 16.9. The fourth-order valence-electron chi connectivity index (χ4n) is 3.46. The third-order valence-corrected chi connectivity index (χ3v) is 4.82. The van der Waals surface area contributed by atoms with Gasteiger partial charge in [-0.2, -0.15) is 0 Å². The molecule has 0 spiro atoms. The van der Waals surface area contributed by atoms with Crippen LogP contribution in [0.15, 0.2) is 18.2 Å². The summed E-state index contributed by atoms with van der Waals surface area (Å²) in [6, 6.07) is 4.94. The van der Waals surface area contributed by atoms with Gasteiger partial charge in [-0.25, -0.2) is 9.18 Å². The molecule has 0 radical (unpaired) electrons. The SMILES string of the molecule is Cc1cc(F)ccc1C1CCN(C(=O)NC[C@H]2COCCO2)CC1. The van der Waals surface area contributed by atoms with Crippen LogP contribution in [-0.2, 0) is 9.47 Å². The molecular formula is C18H25FN2O3. The Bertz CT molecular complexity index is 567. The molecule has 2 aliphatic heterocycles. The van der Waals surface area contributed by atoms with Crippen molar-refractivity contribution >= 4 is 6.03 Å². The van der Waals surface area contributed by atoms with Crippen LogP contribution in [-0.4, -0.2) is 56.5 Å². The summed E-state index contributed by atoms with van der Waals surface area (Å²) in [5, 5.41) is 2.93. The number of hydrogen-bond donors (Lipinski definition) is 1. The second kappa shape index (κ2) is 7.94. The molecule has 0 unspecified atom stereocenters. The number of nitrogens with zero attached hydrogens (tertiary/aromatic N) is 1. The van der Waals surface area contributed by atoms with Gasteiger partial charge in [-0.15, -0.1) is 0 Å². The number of aryl methyl sites for hydroxylation is 1. The van der Waals surface area contributed by atoms with Crippen LogP contribution in [0.5, 0.6) is 0 Å². The maximum Gasteiger partial charge on any atom is 0.317 e. The van der Waals surface area contributed by atoms with Crippen molar-refractivity contribution in [2.24, 2.45) is 0 Å². The number of ether oxygens (including phenoxy) is 2. The zero-order valence-corrected chi connectivity index (χ0v) is 14.1. The van der Waals surface area contributed by atoms with E-state index in [0.29, 0.717) is 32.3 Å². The minimum absolute atomic E-state index is 0.0431. The smallest absolute Gasteiger partial charge is 0.317 e. The van der Waals surface area contributed by atoms with E-state index in [0.717, 1.165) is 31.5 Å². The molecule has 1 aromatic carbocycles. The van der Waals surface area contributed by atoms with Crippen molar-refractivity contribution in [2.75, 3.05) is 39.5 Å². The standard InChI is InChI=1S/C18H25FN2O3/c1-13-10-15(19)2-3-17(13)14-4-6-21(7-5-14)18(22)20-11-16-12-23-8-9-24-16/h2-3,10,14,16H,4-9,11-12H2,1H3,(H,20,22)/t16-/m0/s1. The summed E-state index contributed by atoms with van der Waals surface area (Å²) in [6.07, 6.45) is 1.76. The minimum atomic E-state index is -0.193. The van der Waals surface area contributed by atoms with E-state index in [4.69, 9.17) is 9.47 Å². The lowest BCUT2D eigenvalue weighted by molar-refractivity contribution is -0.0856. The number of piperidine rings is 1. The first-order chi connectivity index (χ1) is 11.6. The lowest BCUT2D eigenvalue weighted by atomic mass is 9.87. The van der Waals surface area contributed by atoms with Gasteiger partial charge in [0.05, 0.1) is 25.9 Å². The molecule has 1 atom stereocenters. The van der Waals surface area contributed by atoms with E-state index in [1.807, 2.05) is 17.9 Å². The summed E-state index contributed by atoms with van der Waals surface area (Å²) in [5.74, 6) is 0.201. The molecule has 3 rings (SSSR count). The first-order valence-corrected chi connectivity index (χ1v) is 8.61. The highest BCUT2D eigenvalue weighted by Gasteiger charge is 2.25. The van der Waals surface area contributed by atoms with Gasteiger partial charge >= 0.3 is 6.03 Å². The Hall–Kier alpha value is -1.66. The average molecular weight is 336 g/mol. The van der Waals surface area contributed by atoms with Crippen molar-refractivity contribution in [1.29, 1.82) is 0 Å². The number of benzene rings is 1. The molecule has 6 heteroatoms. The van der Waals surface area contributed by atoms with Crippen molar-refractivity contribution in [3.8, 4) is 0 Å². The quantitative estimate of drug-likeness (QED) is 0.922. The molecule has 132 valence electrons. The highest BCUT2D eigenvalue weighted by molar-refractivity contribution is 5.74. The third-order valence-electron chi connectivity index (χ3n) is 4.82. The molecule has 0 bridgehead atoms. The number of amides is 2. The van der Waals surface area contributed by atoms with E-state index in [-0.39, 0.29) is 18.0 Å². The average Bonchev–Trinajstić information content (AvgIpc) is 2.61. The first kappa shape index (κ1) is 17.2. The van der Waals surface area contributed by atoms with E-state index in [1.54, 1.807) is 6.07 Å². The van der Waals surface area contributed by atoms with E-state index < -0.39 is 0 Å². The largest absolute Gasteiger partial charge is 0.376 e. The lowest BCUT2D eigenvalue weighted by Crippen LogP contribution is -2.47. The van der Waals surface area contributed by atoms with E-state index in [1.165, 1.54) is 11.6 Å². The van der Waals surface area contributed by atoms with Crippen molar-refractivity contribution in [3.63, 3.8) is 0 Å². The van der Waals surface area contributed by atoms with Crippen molar-refractivity contribution < 1.29 is 18.7 Å². The van der Waals surface area contributed by atoms with Crippen molar-refractivity contribution in [1.82, 2.24) is 10.2 Å². The number of nitrogens with one attached hydrogen (secondary N) is 1. The molecular weight excluding hydrogens is 311 g/mol. The topological polar surface area (TPSA) is 50.8 Å². The molecule has 2 fully saturated rings. The predicted octanol–water partition coefficient (Wildman–Crippen LogP) is 2.44. The summed E-state index contributed by atoms with van der Waals surface area (Å²) in [6.45, 7) is 5.61. The normalized spacial score (nSPS) is 22.4. The van der Waals surface area contributed by atoms with E-state index >= 15 is 0 Å². The number of rotatable bonds is 3. The molecule has 1 N–H and O–H groups in total. The summed E-state index contributed by atoms with van der Waals surface area (Å²) in [5.41, 5.74) is 2.19. The van der Waals surface area contributed by atoms with Gasteiger partial charge in [0.15, 0.2) is 0 Å². The molecule has 24 heavy (non-hydrogen) atoms. The van der Waals surface area contributed by atoms with Crippen LogP contribution >= 0.6 is 0 Å². The van der Waals surface area contributed by atoms with Crippen LogP contribution in [0.3, 0.4) is 0 Å². The Kier molecular flexibility index (Phi) is 5.68. The maximum atomic E-state index is 13.2. The van der Waals surface area contributed by atoms with Gasteiger partial charge in [-0.3, -0.25) is 0 Å². The molecule has 2 heterocycles. The van der Waals surface area contributed by atoms with Crippen LogP contribution in [0.2, 0.25) is 0 Å². The second-order valence-corrected chi connectivity index (χ2v) is 6.52. The van der Waals surface area contributed by atoms with Gasteiger partial charge in [0, 0.05) is 19.6 Å². The second-order valence-electron chi connectivity index (χ2n) is 6.52. The Labute approximate surface area is 142 Å². The Morgan fingerprint density at radius 3 is 2.79 bits per heavy atom. The highest BCUT2D eigenvalue weighted by Crippen LogP contribution is 2.30. The Morgan fingerprint density at radius 2 is 2.12 bits per heavy atom. The van der Waals surface area contributed by atoms with Gasteiger partial charge < -0.3 is 19.7 Å². The molecule has 2 saturated heterocycles. The number of urea groups is 1. The Balaban J connectivity index is 1.46. The van der Waals surface area contributed by atoms with Gasteiger partial charge in [0.2, 0.25) is 0 Å². The number of likely N-dealkylation sites (tertiary alicyclic amines) is 1. The van der Waals surface area contributed by atoms with Gasteiger partial charge in [0.25, 0.3) is 0 Å². The minimum Gasteiger partial charge on any atom is -0.376 e. The summed E-state index contributed by atoms with van der Waals surface area (Å²) in [4.78, 5) is 14.1. The van der Waals surface area contributed by atoms with Crippen LogP contribution < -0.4 is 5.32 Å². The van der Waals surface area contributed by atoms with Crippen molar-refractivity contribution in [3.05, 3.63) is 35.1 Å². The fourth-order valence-corrected chi connectivity index (χ4v) is 3.46. The van der Waals surface area contributed by atoms with Crippen LogP contribution in [0.25, 0.3) is 0 Å². The summed E-state index contributed by atoms with van der Waals surface area (Å²) < 4.78 is 24.1. The van der Waals surface area contributed by atoms with Gasteiger partial charge in [0.1, 0.15) is 5.82 Å². The third kappa shape index (κ3) is 4.24. The van der Waals surface area contributed by atoms with Crippen LogP contribution in [0, 0.1) is 12.7 Å². The van der Waals surface area contributed by atoms with E-state index in [9.17, 15) is 9.18 Å². The van der Waals surface area contributed by atoms with Crippen LogP contribution in [0.1, 0.15) is 29.9 Å². The molecule has 0 aliphatic carbocycles. The lowest BCUT2D eigenvalue weighted by Gasteiger charge is -2.33. The maximum absolute atomic E-state index is 13.2. The number of carbonyl (C=O) groups excluding carboxylic acids is 1. The van der Waals surface area contributed by atoms with Crippen LogP contribution in [0.4, 0.5) is 9.18 Å². The first-order valence-electron chi connectivity index (χ1n) is 8.61. The van der Waals surface area contributed by atoms with Gasteiger partial charge in [-0.05, 0) is 48.9 Å². The molecule has 5 nitrogen and oxygen atoms in total. The molecule has 1 aromatic rings. The van der Waals surface area contributed by atoms with Gasteiger partial charge in [-0.1, -0.05) is 6.07 Å². The predicted molar refractivity (Wildman–Crippen MR) is 88.6 cm³/mol. The number of hydrogen-bond acceptors (Lipinski definition) is 3. The monoisotopic (exact) mass is 336 g/mol. The number of carbonyl (C=O) groups is 1. The van der Waals surface area contributed by atoms with Crippen molar-refractivity contribution in [2.45, 2.75) is 31.8 Å². The van der Waals surface area contributed by atoms with E-state index in [2.05, 4.69) is 5.32 Å². The summed E-state index contributed by atoms with van der Waals surface area (Å²) in [7, 11) is 0. The zero-order valence-electron chi connectivity index (χ0n) is 14.1. The Morgan fingerprint density at radius 1 is 1.33 bits per heavy atom.